The monoisotopic (exact) mass is 1010 g/mol. The predicted molar refractivity (Wildman–Crippen MR) is 271 cm³/mol. The van der Waals surface area contributed by atoms with E-state index in [1.165, 1.54) is 6.07 Å². The molecule has 4 unspecified atom stereocenters. The van der Waals surface area contributed by atoms with E-state index < -0.39 is 29.5 Å². The lowest BCUT2D eigenvalue weighted by Crippen LogP contribution is -2.34. The van der Waals surface area contributed by atoms with E-state index in [4.69, 9.17) is 80.3 Å². The Morgan fingerprint density at radius 3 is 1.37 bits per heavy atom. The summed E-state index contributed by atoms with van der Waals surface area (Å²) in [7, 11) is 0. The fourth-order valence-electron chi connectivity index (χ4n) is 8.87. The zero-order chi connectivity index (χ0) is 49.7. The summed E-state index contributed by atoms with van der Waals surface area (Å²) in [6, 6.07) is 9.66. The number of allylic oxidation sites excluding steroid dienone is 16. The van der Waals surface area contributed by atoms with Gasteiger partial charge in [-0.3, -0.25) is 4.57 Å². The molecule has 0 fully saturated rings. The van der Waals surface area contributed by atoms with Gasteiger partial charge in [0.1, 0.15) is 52.6 Å². The third-order valence-electron chi connectivity index (χ3n) is 11.8. The second-order valence-electron chi connectivity index (χ2n) is 15.9. The number of rotatable bonds is 15. The molecule has 2 aromatic carbocycles. The van der Waals surface area contributed by atoms with Gasteiger partial charge in [-0.2, -0.15) is 0 Å². The van der Waals surface area contributed by atoms with Gasteiger partial charge >= 0.3 is 0 Å². The number of aliphatic imine (C=N–C) groups is 2. The lowest BCUT2D eigenvalue weighted by atomic mass is 9.81. The molecule has 0 saturated carbocycles. The van der Waals surface area contributed by atoms with Gasteiger partial charge in [0.05, 0.1) is 105 Å². The van der Waals surface area contributed by atoms with Crippen LogP contribution < -0.4 is 0 Å². The summed E-state index contributed by atoms with van der Waals surface area (Å²) < 4.78 is 25.0. The first-order chi connectivity index (χ1) is 33.9. The Kier molecular flexibility index (Phi) is 15.1. The van der Waals surface area contributed by atoms with Crippen molar-refractivity contribution in [2.75, 3.05) is 26.4 Å². The smallest absolute Gasteiger partial charge is 0.262 e. The van der Waals surface area contributed by atoms with Gasteiger partial charge < -0.3 is 18.9 Å². The molecule has 12 nitrogen and oxygen atoms in total. The third kappa shape index (κ3) is 9.41. The number of hydrogen-bond acceptors (Lipinski definition) is 11. The van der Waals surface area contributed by atoms with Gasteiger partial charge in [-0.1, -0.05) is 70.7 Å². The second-order valence-corrected chi connectivity index (χ2v) is 17.6. The van der Waals surface area contributed by atoms with E-state index in [1.807, 2.05) is 27.7 Å². The maximum Gasteiger partial charge on any atom is 0.262 e. The maximum absolute atomic E-state index is 13.4. The van der Waals surface area contributed by atoms with Crippen molar-refractivity contribution in [2.24, 2.45) is 21.8 Å². The van der Waals surface area contributed by atoms with Gasteiger partial charge in [-0.25, -0.2) is 34.1 Å². The highest BCUT2D eigenvalue weighted by Crippen LogP contribution is 2.51. The minimum absolute atomic E-state index is 0.0990. The molecule has 0 spiro atoms. The van der Waals surface area contributed by atoms with Crippen molar-refractivity contribution >= 4 is 81.6 Å². The first kappa shape index (κ1) is 49.5. The number of imidazole rings is 1. The van der Waals surface area contributed by atoms with Crippen molar-refractivity contribution in [3.8, 4) is 11.4 Å². The summed E-state index contributed by atoms with van der Waals surface area (Å²) in [5.74, 6) is 4.27. The van der Waals surface area contributed by atoms with Crippen LogP contribution in [0, 0.1) is 11.8 Å². The molecule has 0 saturated heterocycles. The number of aromatic nitrogens is 2. The molecule has 0 amide bonds. The molecule has 70 heavy (non-hydrogen) atoms. The quantitative estimate of drug-likeness (QED) is 0.136. The first-order valence-corrected chi connectivity index (χ1v) is 23.8. The highest BCUT2D eigenvalue weighted by molar-refractivity contribution is 6.47. The lowest BCUT2D eigenvalue weighted by Gasteiger charge is -2.33. The molecule has 0 radical (unpaired) electrons. The molecule has 1 aromatic heterocycles. The van der Waals surface area contributed by atoms with Crippen LogP contribution in [-0.2, 0) is 43.9 Å². The van der Waals surface area contributed by atoms with Crippen LogP contribution in [0.5, 0.6) is 0 Å². The summed E-state index contributed by atoms with van der Waals surface area (Å²) in [4.78, 5) is 69.3. The Balaban J connectivity index is 1.57. The molecule has 0 bridgehead atoms. The van der Waals surface area contributed by atoms with E-state index in [0.29, 0.717) is 60.1 Å². The zero-order valence-corrected chi connectivity index (χ0v) is 41.1. The largest absolute Gasteiger partial charge is 0.494 e. The van der Waals surface area contributed by atoms with E-state index in [1.54, 1.807) is 108 Å². The molecule has 0 N–H and O–H groups in total. The normalized spacial score (nSPS) is 22.5. The van der Waals surface area contributed by atoms with Crippen LogP contribution in [0.4, 0.5) is 0 Å². The van der Waals surface area contributed by atoms with E-state index in [0.717, 1.165) is 0 Å². The predicted octanol–water partition coefficient (Wildman–Crippen LogP) is 11.1. The topological polar surface area (TPSA) is 148 Å². The Morgan fingerprint density at radius 2 is 0.943 bits per heavy atom. The van der Waals surface area contributed by atoms with Crippen LogP contribution in [0.15, 0.2) is 165 Å². The molecule has 1 aliphatic heterocycles. The van der Waals surface area contributed by atoms with Crippen LogP contribution in [-0.4, -0.2) is 71.2 Å². The van der Waals surface area contributed by atoms with Crippen molar-refractivity contribution in [3.05, 3.63) is 192 Å². The number of carbonyl (C=O) groups excluding carboxylic acids is 4. The van der Waals surface area contributed by atoms with E-state index >= 15 is 0 Å². The van der Waals surface area contributed by atoms with Crippen molar-refractivity contribution in [2.45, 2.75) is 45.3 Å². The molecule has 4 aliphatic carbocycles. The van der Waals surface area contributed by atoms with Crippen molar-refractivity contribution in [3.63, 3.8) is 0 Å². The van der Waals surface area contributed by atoms with Crippen LogP contribution in [0.25, 0.3) is 11.4 Å². The number of ether oxygens (including phenoxy) is 4. The van der Waals surface area contributed by atoms with Gasteiger partial charge in [-0.05, 0) is 113 Å². The fraction of sp³-hybridized carbons (Fsp3) is 0.241. The van der Waals surface area contributed by atoms with Gasteiger partial charge in [0.15, 0.2) is 0 Å². The average molecular weight is 1020 g/mol. The summed E-state index contributed by atoms with van der Waals surface area (Å²) in [6.07, 6.45) is 20.1. The molecule has 4 atom stereocenters. The summed E-state index contributed by atoms with van der Waals surface area (Å²) in [6.45, 7) is 8.56. The molecule has 16 heteroatoms. The second kappa shape index (κ2) is 21.4. The van der Waals surface area contributed by atoms with Gasteiger partial charge in [-0.15, -0.1) is 0 Å². The molecule has 8 rings (SSSR count). The molecule has 354 valence electrons. The SMILES string of the molecule is CCOC1=CC(=C=O)C(C2=NC(c3ccc(Cl)cc3Cl)(n3c(-c4ccc(Cl)cc4Cl)nc(C4C=CC(OCC)=CC4=C=O)c3C3C=CC(OCC)=CC3=C=O)N=C2C2C=CC(OCC)=CC2=C=O)C=C1. The number of halogens is 4. The van der Waals surface area contributed by atoms with Crippen LogP contribution in [0.3, 0.4) is 0 Å². The van der Waals surface area contributed by atoms with Gasteiger partial charge in [0, 0.05) is 21.2 Å². The average Bonchev–Trinajstić information content (AvgIpc) is 3.94. The van der Waals surface area contributed by atoms with Crippen molar-refractivity contribution < 1.29 is 38.1 Å². The van der Waals surface area contributed by atoms with E-state index in [-0.39, 0.29) is 71.6 Å². The summed E-state index contributed by atoms with van der Waals surface area (Å²) in [5.41, 5.74) is 2.12. The lowest BCUT2D eigenvalue weighted by molar-refractivity contribution is 0.241. The molecular formula is C54H42Cl4N4O8. The van der Waals surface area contributed by atoms with Crippen molar-refractivity contribution in [1.82, 2.24) is 9.55 Å². The molecule has 3 aromatic rings. The highest BCUT2D eigenvalue weighted by Gasteiger charge is 2.50. The van der Waals surface area contributed by atoms with Gasteiger partial charge in [0.2, 0.25) is 0 Å². The minimum atomic E-state index is -2.11. The summed E-state index contributed by atoms with van der Waals surface area (Å²) in [5, 5.41) is 0.871. The number of hydrogen-bond donors (Lipinski definition) is 0. The van der Waals surface area contributed by atoms with E-state index in [2.05, 4.69) is 23.8 Å². The molecule has 5 aliphatic rings. The Bertz CT molecular complexity index is 3140. The molecule has 2 heterocycles. The van der Waals surface area contributed by atoms with Crippen molar-refractivity contribution in [1.29, 1.82) is 0 Å². The van der Waals surface area contributed by atoms with Crippen LogP contribution >= 0.6 is 46.4 Å². The van der Waals surface area contributed by atoms with Crippen LogP contribution in [0.2, 0.25) is 20.1 Å². The first-order valence-electron chi connectivity index (χ1n) is 22.3. The Morgan fingerprint density at radius 1 is 0.543 bits per heavy atom. The number of benzene rings is 2. The zero-order valence-electron chi connectivity index (χ0n) is 38.1. The van der Waals surface area contributed by atoms with E-state index in [9.17, 15) is 19.2 Å². The highest BCUT2D eigenvalue weighted by atomic mass is 35.5. The maximum atomic E-state index is 13.4. The Labute approximate surface area is 423 Å². The van der Waals surface area contributed by atoms with Crippen LogP contribution in [0.1, 0.15) is 56.5 Å². The molecular weight excluding hydrogens is 974 g/mol. The third-order valence-corrected chi connectivity index (χ3v) is 12.9. The fourth-order valence-corrected chi connectivity index (χ4v) is 9.90. The Hall–Kier alpha value is -6.93. The standard InChI is InChI=1S/C54H42Cl4N4O8/c1-5-67-37-11-16-41(31(21-37)27-63)49-50(42-17-12-38(68-6-2)22-32(42)28-64)61-54(60-49,46-20-10-36(56)26-48(46)58)62-52(44-19-14-40(70-8-4)24-34(44)30-66)51(43-18-13-39(69-7-3)23-33(43)29-65)59-53(62)45-15-9-35(55)25-47(45)57/h9-26,41-44H,5-8H2,1-4H3. The summed E-state index contributed by atoms with van der Waals surface area (Å²) >= 11 is 27.7. The number of nitrogens with zero attached hydrogens (tertiary/aromatic N) is 4. The van der Waals surface area contributed by atoms with Gasteiger partial charge in [0.25, 0.3) is 5.79 Å². The minimum Gasteiger partial charge on any atom is -0.494 e.